The van der Waals surface area contributed by atoms with Crippen molar-refractivity contribution in [3.8, 4) is 22.8 Å². The number of halogens is 1. The fourth-order valence-corrected chi connectivity index (χ4v) is 2.34. The molecule has 0 saturated carbocycles. The summed E-state index contributed by atoms with van der Waals surface area (Å²) in [6.07, 6.45) is 0.828. The molecule has 6 heteroatoms. The molecule has 1 aromatic heterocycles. The predicted octanol–water partition coefficient (Wildman–Crippen LogP) is 3.05. The van der Waals surface area contributed by atoms with Crippen molar-refractivity contribution in [2.75, 3.05) is 18.9 Å². The zero-order valence-electron chi connectivity index (χ0n) is 10.4. The van der Waals surface area contributed by atoms with Gasteiger partial charge in [-0.2, -0.15) is 0 Å². The van der Waals surface area contributed by atoms with Gasteiger partial charge in [-0.3, -0.25) is 0 Å². The molecule has 0 saturated heterocycles. The van der Waals surface area contributed by atoms with E-state index >= 15 is 0 Å². The topological polar surface area (TPSA) is 70.5 Å². The molecule has 1 aliphatic rings. The van der Waals surface area contributed by atoms with Crippen LogP contribution in [-0.2, 0) is 0 Å². The standard InChI is InChI=1S/C13H13ClN2O3/c1-7-8(10-6-11(15)16-19-10)5-9(14)13-12(7)17-3-2-4-18-13/h5-6H,2-4H2,1H3,(H2,15,16). The lowest BCUT2D eigenvalue weighted by molar-refractivity contribution is 0.296. The Labute approximate surface area is 115 Å². The number of anilines is 1. The zero-order valence-corrected chi connectivity index (χ0v) is 11.2. The van der Waals surface area contributed by atoms with Crippen LogP contribution in [0.4, 0.5) is 5.82 Å². The molecule has 0 unspecified atom stereocenters. The predicted molar refractivity (Wildman–Crippen MR) is 71.7 cm³/mol. The summed E-state index contributed by atoms with van der Waals surface area (Å²) in [6, 6.07) is 3.44. The molecule has 1 aliphatic heterocycles. The van der Waals surface area contributed by atoms with Crippen molar-refractivity contribution in [1.82, 2.24) is 5.16 Å². The van der Waals surface area contributed by atoms with Crippen LogP contribution in [0.15, 0.2) is 16.7 Å². The molecule has 2 N–H and O–H groups in total. The summed E-state index contributed by atoms with van der Waals surface area (Å²) in [5, 5.41) is 4.18. The summed E-state index contributed by atoms with van der Waals surface area (Å²) in [6.45, 7) is 3.13. The SMILES string of the molecule is Cc1c(-c2cc(N)no2)cc(Cl)c2c1OCCCO2. The first kappa shape index (κ1) is 12.2. The highest BCUT2D eigenvalue weighted by molar-refractivity contribution is 6.32. The van der Waals surface area contributed by atoms with Gasteiger partial charge in [-0.15, -0.1) is 0 Å². The number of rotatable bonds is 1. The van der Waals surface area contributed by atoms with Gasteiger partial charge >= 0.3 is 0 Å². The molecule has 2 aromatic rings. The maximum atomic E-state index is 6.25. The third-order valence-corrected chi connectivity index (χ3v) is 3.29. The number of fused-ring (bicyclic) bond motifs is 1. The second kappa shape index (κ2) is 4.66. The Kier molecular flexibility index (Phi) is 2.98. The average molecular weight is 281 g/mol. The molecule has 3 rings (SSSR count). The number of ether oxygens (including phenoxy) is 2. The molecule has 19 heavy (non-hydrogen) atoms. The van der Waals surface area contributed by atoms with Crippen molar-refractivity contribution >= 4 is 17.4 Å². The van der Waals surface area contributed by atoms with Crippen LogP contribution in [0, 0.1) is 6.92 Å². The van der Waals surface area contributed by atoms with Crippen molar-refractivity contribution in [3.05, 3.63) is 22.7 Å². The number of hydrogen-bond donors (Lipinski definition) is 1. The first-order valence-corrected chi connectivity index (χ1v) is 6.36. The number of nitrogens with zero attached hydrogens (tertiary/aromatic N) is 1. The Morgan fingerprint density at radius 1 is 1.21 bits per heavy atom. The van der Waals surface area contributed by atoms with Crippen LogP contribution in [0.2, 0.25) is 5.02 Å². The molecule has 0 radical (unpaired) electrons. The van der Waals surface area contributed by atoms with Crippen molar-refractivity contribution < 1.29 is 14.0 Å². The highest BCUT2D eigenvalue weighted by Gasteiger charge is 2.22. The molecule has 0 bridgehead atoms. The van der Waals surface area contributed by atoms with Gasteiger partial charge in [-0.1, -0.05) is 16.8 Å². The molecule has 1 aromatic carbocycles. The molecule has 0 fully saturated rings. The minimum atomic E-state index is 0.331. The van der Waals surface area contributed by atoms with E-state index in [1.54, 1.807) is 12.1 Å². The van der Waals surface area contributed by atoms with Crippen LogP contribution in [0.1, 0.15) is 12.0 Å². The fraction of sp³-hybridized carbons (Fsp3) is 0.308. The molecule has 0 spiro atoms. The Balaban J connectivity index is 2.17. The fourth-order valence-electron chi connectivity index (χ4n) is 2.09. The lowest BCUT2D eigenvalue weighted by Gasteiger charge is -2.14. The first-order chi connectivity index (χ1) is 9.16. The van der Waals surface area contributed by atoms with Gasteiger partial charge in [0, 0.05) is 23.6 Å². The highest BCUT2D eigenvalue weighted by Crippen LogP contribution is 2.44. The lowest BCUT2D eigenvalue weighted by atomic mass is 10.0. The summed E-state index contributed by atoms with van der Waals surface area (Å²) >= 11 is 6.25. The Bertz CT molecular complexity index is 625. The van der Waals surface area contributed by atoms with Crippen molar-refractivity contribution in [1.29, 1.82) is 0 Å². The number of benzene rings is 1. The zero-order chi connectivity index (χ0) is 13.4. The molecular weight excluding hydrogens is 268 g/mol. The number of hydrogen-bond acceptors (Lipinski definition) is 5. The maximum Gasteiger partial charge on any atom is 0.180 e. The number of nitrogens with two attached hydrogens (primary N) is 1. The van der Waals surface area contributed by atoms with E-state index in [2.05, 4.69) is 5.16 Å². The largest absolute Gasteiger partial charge is 0.489 e. The molecule has 0 atom stereocenters. The molecule has 0 amide bonds. The summed E-state index contributed by atoms with van der Waals surface area (Å²) in [4.78, 5) is 0. The van der Waals surface area contributed by atoms with E-state index in [1.165, 1.54) is 0 Å². The Morgan fingerprint density at radius 3 is 2.63 bits per heavy atom. The van der Waals surface area contributed by atoms with E-state index in [4.69, 9.17) is 31.3 Å². The third kappa shape index (κ3) is 2.10. The monoisotopic (exact) mass is 280 g/mol. The van der Waals surface area contributed by atoms with Gasteiger partial charge in [0.1, 0.15) is 0 Å². The van der Waals surface area contributed by atoms with E-state index < -0.39 is 0 Å². The molecule has 100 valence electrons. The number of aromatic nitrogens is 1. The second-order valence-corrected chi connectivity index (χ2v) is 4.76. The van der Waals surface area contributed by atoms with Gasteiger partial charge < -0.3 is 19.7 Å². The van der Waals surface area contributed by atoms with E-state index in [0.717, 1.165) is 17.5 Å². The molecule has 5 nitrogen and oxygen atoms in total. The van der Waals surface area contributed by atoms with Crippen LogP contribution in [0.25, 0.3) is 11.3 Å². The van der Waals surface area contributed by atoms with Gasteiger partial charge in [0.2, 0.25) is 0 Å². The van der Waals surface area contributed by atoms with Gasteiger partial charge in [0.05, 0.1) is 18.2 Å². The highest BCUT2D eigenvalue weighted by atomic mass is 35.5. The van der Waals surface area contributed by atoms with Gasteiger partial charge in [-0.05, 0) is 13.0 Å². The van der Waals surface area contributed by atoms with Gasteiger partial charge in [-0.25, -0.2) is 0 Å². The normalized spacial score (nSPS) is 14.2. The van der Waals surface area contributed by atoms with Crippen LogP contribution >= 0.6 is 11.6 Å². The quantitative estimate of drug-likeness (QED) is 0.869. The molecule has 2 heterocycles. The van der Waals surface area contributed by atoms with Crippen molar-refractivity contribution in [2.45, 2.75) is 13.3 Å². The van der Waals surface area contributed by atoms with E-state index in [0.29, 0.717) is 41.3 Å². The van der Waals surface area contributed by atoms with E-state index in [-0.39, 0.29) is 0 Å². The summed E-state index contributed by atoms with van der Waals surface area (Å²) < 4.78 is 16.5. The van der Waals surface area contributed by atoms with Gasteiger partial charge in [0.15, 0.2) is 23.1 Å². The summed E-state index contributed by atoms with van der Waals surface area (Å²) in [5.41, 5.74) is 7.28. The first-order valence-electron chi connectivity index (χ1n) is 5.98. The minimum absolute atomic E-state index is 0.331. The molecule has 0 aliphatic carbocycles. The third-order valence-electron chi connectivity index (χ3n) is 3.01. The Hall–Kier alpha value is -1.88. The van der Waals surface area contributed by atoms with Gasteiger partial charge in [0.25, 0.3) is 0 Å². The number of nitrogen functional groups attached to an aromatic ring is 1. The average Bonchev–Trinajstić information content (AvgIpc) is 2.66. The van der Waals surface area contributed by atoms with Crippen LogP contribution < -0.4 is 15.2 Å². The van der Waals surface area contributed by atoms with E-state index in [1.807, 2.05) is 6.92 Å². The maximum absolute atomic E-state index is 6.25. The second-order valence-electron chi connectivity index (χ2n) is 4.36. The van der Waals surface area contributed by atoms with Crippen LogP contribution in [-0.4, -0.2) is 18.4 Å². The Morgan fingerprint density at radius 2 is 1.95 bits per heavy atom. The smallest absolute Gasteiger partial charge is 0.180 e. The summed E-state index contributed by atoms with van der Waals surface area (Å²) in [7, 11) is 0. The van der Waals surface area contributed by atoms with Crippen LogP contribution in [0.5, 0.6) is 11.5 Å². The van der Waals surface area contributed by atoms with E-state index in [9.17, 15) is 0 Å². The lowest BCUT2D eigenvalue weighted by Crippen LogP contribution is -1.98. The van der Waals surface area contributed by atoms with Crippen molar-refractivity contribution in [3.63, 3.8) is 0 Å². The minimum Gasteiger partial charge on any atom is -0.489 e. The summed E-state index contributed by atoms with van der Waals surface area (Å²) in [5.74, 6) is 2.15. The molecular formula is C13H13ClN2O3. The van der Waals surface area contributed by atoms with Crippen LogP contribution in [0.3, 0.4) is 0 Å². The van der Waals surface area contributed by atoms with Crippen molar-refractivity contribution in [2.24, 2.45) is 0 Å².